The predicted molar refractivity (Wildman–Crippen MR) is 100 cm³/mol. The first-order valence-corrected chi connectivity index (χ1v) is 8.67. The summed E-state index contributed by atoms with van der Waals surface area (Å²) in [5.41, 5.74) is 3.10. The van der Waals surface area contributed by atoms with Crippen molar-refractivity contribution in [1.29, 1.82) is 0 Å². The summed E-state index contributed by atoms with van der Waals surface area (Å²) >= 11 is 0. The monoisotopic (exact) mass is 353 g/mol. The zero-order chi connectivity index (χ0) is 18.7. The summed E-state index contributed by atoms with van der Waals surface area (Å²) in [5, 5.41) is 11.2. The standard InChI is InChI=1S/C19H23N5O2/c1-13-5-4-6-14(2)18(13)20-19(26)16-7-8-17(22-21-16)24-11-9-23(10-12-24)15(3)25/h4-8H,9-12H2,1-3H3,(H,20,26). The number of rotatable bonds is 3. The Morgan fingerprint density at radius 2 is 1.62 bits per heavy atom. The molecule has 0 spiro atoms. The minimum absolute atomic E-state index is 0.0919. The van der Waals surface area contributed by atoms with E-state index in [-0.39, 0.29) is 17.5 Å². The van der Waals surface area contributed by atoms with Crippen LogP contribution in [0.1, 0.15) is 28.5 Å². The predicted octanol–water partition coefficient (Wildman–Crippen LogP) is 2.01. The van der Waals surface area contributed by atoms with Crippen LogP contribution in [0.25, 0.3) is 0 Å². The Balaban J connectivity index is 1.66. The van der Waals surface area contributed by atoms with Crippen molar-refractivity contribution in [3.8, 4) is 0 Å². The lowest BCUT2D eigenvalue weighted by Gasteiger charge is -2.34. The maximum atomic E-state index is 12.5. The summed E-state index contributed by atoms with van der Waals surface area (Å²) in [5.74, 6) is 0.536. The molecule has 26 heavy (non-hydrogen) atoms. The third-order valence-corrected chi connectivity index (χ3v) is 4.65. The highest BCUT2D eigenvalue weighted by molar-refractivity contribution is 6.03. The third kappa shape index (κ3) is 3.82. The molecule has 1 aliphatic heterocycles. The van der Waals surface area contributed by atoms with Gasteiger partial charge in [0.2, 0.25) is 5.91 Å². The van der Waals surface area contributed by atoms with Crippen molar-refractivity contribution in [2.75, 3.05) is 36.4 Å². The van der Waals surface area contributed by atoms with Crippen LogP contribution in [0.15, 0.2) is 30.3 Å². The highest BCUT2D eigenvalue weighted by Crippen LogP contribution is 2.20. The molecular weight excluding hydrogens is 330 g/mol. The molecule has 0 bridgehead atoms. The van der Waals surface area contributed by atoms with Gasteiger partial charge in [-0.3, -0.25) is 9.59 Å². The van der Waals surface area contributed by atoms with Crippen molar-refractivity contribution in [3.05, 3.63) is 47.2 Å². The van der Waals surface area contributed by atoms with Crippen molar-refractivity contribution >= 4 is 23.3 Å². The number of carbonyl (C=O) groups is 2. The molecular formula is C19H23N5O2. The Labute approximate surface area is 153 Å². The number of nitrogens with zero attached hydrogens (tertiary/aromatic N) is 4. The summed E-state index contributed by atoms with van der Waals surface area (Å²) in [6.45, 7) is 8.26. The SMILES string of the molecule is CC(=O)N1CCN(c2ccc(C(=O)Nc3c(C)cccc3C)nn2)CC1. The highest BCUT2D eigenvalue weighted by atomic mass is 16.2. The summed E-state index contributed by atoms with van der Waals surface area (Å²) in [4.78, 5) is 27.7. The van der Waals surface area contributed by atoms with Gasteiger partial charge in [0.05, 0.1) is 0 Å². The van der Waals surface area contributed by atoms with E-state index in [0.29, 0.717) is 26.2 Å². The molecule has 7 nitrogen and oxygen atoms in total. The number of nitrogens with one attached hydrogen (secondary N) is 1. The molecule has 1 aliphatic rings. The smallest absolute Gasteiger partial charge is 0.276 e. The average molecular weight is 353 g/mol. The molecule has 136 valence electrons. The number of carbonyl (C=O) groups excluding carboxylic acids is 2. The van der Waals surface area contributed by atoms with E-state index in [1.165, 1.54) is 0 Å². The van der Waals surface area contributed by atoms with Gasteiger partial charge in [-0.2, -0.15) is 0 Å². The molecule has 7 heteroatoms. The lowest BCUT2D eigenvalue weighted by Crippen LogP contribution is -2.48. The topological polar surface area (TPSA) is 78.4 Å². The average Bonchev–Trinajstić information content (AvgIpc) is 2.65. The molecule has 1 N–H and O–H groups in total. The fraction of sp³-hybridized carbons (Fsp3) is 0.368. The van der Waals surface area contributed by atoms with E-state index >= 15 is 0 Å². The Morgan fingerprint density at radius 1 is 0.962 bits per heavy atom. The quantitative estimate of drug-likeness (QED) is 0.913. The lowest BCUT2D eigenvalue weighted by atomic mass is 10.1. The molecule has 0 atom stereocenters. The number of benzene rings is 1. The number of aromatic nitrogens is 2. The van der Waals surface area contributed by atoms with Crippen molar-refractivity contribution in [3.63, 3.8) is 0 Å². The van der Waals surface area contributed by atoms with E-state index in [9.17, 15) is 9.59 Å². The van der Waals surface area contributed by atoms with Gasteiger partial charge in [-0.15, -0.1) is 10.2 Å². The highest BCUT2D eigenvalue weighted by Gasteiger charge is 2.20. The van der Waals surface area contributed by atoms with Gasteiger partial charge in [-0.1, -0.05) is 18.2 Å². The van der Waals surface area contributed by atoms with Crippen LogP contribution in [-0.4, -0.2) is 53.1 Å². The van der Waals surface area contributed by atoms with Gasteiger partial charge in [-0.25, -0.2) is 0 Å². The molecule has 0 aliphatic carbocycles. The summed E-state index contributed by atoms with van der Waals surface area (Å²) in [7, 11) is 0. The van der Waals surface area contributed by atoms with Crippen molar-refractivity contribution in [1.82, 2.24) is 15.1 Å². The minimum Gasteiger partial charge on any atom is -0.352 e. The van der Waals surface area contributed by atoms with Gasteiger partial charge in [0.15, 0.2) is 11.5 Å². The number of para-hydroxylation sites is 1. The summed E-state index contributed by atoms with van der Waals surface area (Å²) in [6, 6.07) is 9.36. The Hall–Kier alpha value is -2.96. The lowest BCUT2D eigenvalue weighted by molar-refractivity contribution is -0.129. The molecule has 1 aromatic carbocycles. The number of piperazine rings is 1. The van der Waals surface area contributed by atoms with Gasteiger partial charge in [0, 0.05) is 38.8 Å². The van der Waals surface area contributed by atoms with Crippen LogP contribution in [0, 0.1) is 13.8 Å². The molecule has 0 unspecified atom stereocenters. The molecule has 2 heterocycles. The van der Waals surface area contributed by atoms with Crippen LogP contribution in [0.5, 0.6) is 0 Å². The molecule has 2 amide bonds. The Kier molecular flexibility index (Phi) is 5.16. The second-order valence-corrected chi connectivity index (χ2v) is 6.49. The van der Waals surface area contributed by atoms with Crippen LogP contribution >= 0.6 is 0 Å². The fourth-order valence-electron chi connectivity index (χ4n) is 3.05. The van der Waals surface area contributed by atoms with E-state index in [0.717, 1.165) is 22.6 Å². The van der Waals surface area contributed by atoms with Crippen molar-refractivity contribution in [2.45, 2.75) is 20.8 Å². The third-order valence-electron chi connectivity index (χ3n) is 4.65. The van der Waals surface area contributed by atoms with Gasteiger partial charge < -0.3 is 15.1 Å². The first kappa shape index (κ1) is 17.8. The number of hydrogen-bond acceptors (Lipinski definition) is 5. The first-order valence-electron chi connectivity index (χ1n) is 8.67. The van der Waals surface area contributed by atoms with E-state index in [4.69, 9.17) is 0 Å². The van der Waals surface area contributed by atoms with Crippen LogP contribution < -0.4 is 10.2 Å². The summed E-state index contributed by atoms with van der Waals surface area (Å²) in [6.07, 6.45) is 0. The molecule has 3 rings (SSSR count). The zero-order valence-corrected chi connectivity index (χ0v) is 15.3. The second kappa shape index (κ2) is 7.51. The fourth-order valence-corrected chi connectivity index (χ4v) is 3.05. The molecule has 0 radical (unpaired) electrons. The number of aryl methyl sites for hydroxylation is 2. The van der Waals surface area contributed by atoms with Crippen molar-refractivity contribution in [2.24, 2.45) is 0 Å². The summed E-state index contributed by atoms with van der Waals surface area (Å²) < 4.78 is 0. The van der Waals surface area contributed by atoms with Crippen molar-refractivity contribution < 1.29 is 9.59 Å². The molecule has 1 saturated heterocycles. The molecule has 2 aromatic rings. The maximum absolute atomic E-state index is 12.5. The van der Waals surface area contributed by atoms with Gasteiger partial charge in [-0.05, 0) is 37.1 Å². The largest absolute Gasteiger partial charge is 0.352 e. The van der Waals surface area contributed by atoms with E-state index < -0.39 is 0 Å². The van der Waals surface area contributed by atoms with Crippen LogP contribution in [0.3, 0.4) is 0 Å². The minimum atomic E-state index is -0.275. The molecule has 1 aromatic heterocycles. The maximum Gasteiger partial charge on any atom is 0.276 e. The number of hydrogen-bond donors (Lipinski definition) is 1. The van der Waals surface area contributed by atoms with E-state index in [1.807, 2.05) is 36.9 Å². The molecule has 1 fully saturated rings. The molecule has 0 saturated carbocycles. The van der Waals surface area contributed by atoms with E-state index in [2.05, 4.69) is 20.4 Å². The first-order chi connectivity index (χ1) is 12.5. The van der Waals surface area contributed by atoms with E-state index in [1.54, 1.807) is 19.1 Å². The number of amides is 2. The zero-order valence-electron chi connectivity index (χ0n) is 15.3. The number of anilines is 2. The second-order valence-electron chi connectivity index (χ2n) is 6.49. The van der Waals surface area contributed by atoms with Crippen LogP contribution in [-0.2, 0) is 4.79 Å². The van der Waals surface area contributed by atoms with Gasteiger partial charge >= 0.3 is 0 Å². The van der Waals surface area contributed by atoms with Crippen LogP contribution in [0.2, 0.25) is 0 Å². The van der Waals surface area contributed by atoms with Gasteiger partial charge in [0.25, 0.3) is 5.91 Å². The normalized spacial score (nSPS) is 14.3. The van der Waals surface area contributed by atoms with Crippen LogP contribution in [0.4, 0.5) is 11.5 Å². The Bertz CT molecular complexity index is 791. The van der Waals surface area contributed by atoms with Gasteiger partial charge in [0.1, 0.15) is 0 Å². The Morgan fingerprint density at radius 3 is 2.15 bits per heavy atom.